The summed E-state index contributed by atoms with van der Waals surface area (Å²) in [6.45, 7) is 1.47. The first-order valence-corrected chi connectivity index (χ1v) is 3.51. The molecule has 1 rings (SSSR count). The number of aromatic nitrogens is 1. The molecule has 13 heavy (non-hydrogen) atoms. The van der Waals surface area contributed by atoms with Gasteiger partial charge in [0, 0.05) is 0 Å². The number of nitrogens with zero attached hydrogens (tertiary/aromatic N) is 2. The van der Waals surface area contributed by atoms with Crippen LogP contribution in [-0.2, 0) is 0 Å². The zero-order valence-electron chi connectivity index (χ0n) is 6.88. The smallest absolute Gasteiger partial charge is 0.267 e. The maximum Gasteiger partial charge on any atom is 0.267 e. The van der Waals surface area contributed by atoms with Gasteiger partial charge in [0.1, 0.15) is 17.6 Å². The predicted molar refractivity (Wildman–Crippen MR) is 43.1 cm³/mol. The van der Waals surface area contributed by atoms with E-state index in [1.165, 1.54) is 13.0 Å². The molecule has 0 fully saturated rings. The Labute approximate surface area is 73.8 Å². The number of hydrogen-bond donors (Lipinski definition) is 1. The van der Waals surface area contributed by atoms with E-state index in [0.717, 1.165) is 0 Å². The minimum atomic E-state index is -2.65. The quantitative estimate of drug-likeness (QED) is 0.721. The minimum absolute atomic E-state index is 0.0550. The highest BCUT2D eigenvalue weighted by molar-refractivity contribution is 5.48. The monoisotopic (exact) mass is 183 g/mol. The van der Waals surface area contributed by atoms with Gasteiger partial charge in [-0.05, 0) is 18.6 Å². The van der Waals surface area contributed by atoms with Gasteiger partial charge in [0.25, 0.3) is 6.43 Å². The molecular weight excluding hydrogens is 176 g/mol. The third-order valence-electron chi connectivity index (χ3n) is 1.63. The molecule has 1 aromatic rings. The van der Waals surface area contributed by atoms with Crippen LogP contribution >= 0.6 is 0 Å². The van der Waals surface area contributed by atoms with Crippen molar-refractivity contribution in [2.45, 2.75) is 13.3 Å². The standard InChI is InChI=1S/C8H7F2N3/c1-4-2-5(3-11)13-8(12)6(4)7(9)10/h2,7H,1H3,(H2,12,13). The summed E-state index contributed by atoms with van der Waals surface area (Å²) in [6.07, 6.45) is -2.65. The molecule has 0 unspecified atom stereocenters. The van der Waals surface area contributed by atoms with Crippen LogP contribution in [0.4, 0.5) is 14.6 Å². The molecule has 68 valence electrons. The molecule has 0 aliphatic carbocycles. The number of rotatable bonds is 1. The SMILES string of the molecule is Cc1cc(C#N)nc(N)c1C(F)F. The van der Waals surface area contributed by atoms with Gasteiger partial charge in [0.2, 0.25) is 0 Å². The first-order valence-electron chi connectivity index (χ1n) is 3.51. The Morgan fingerprint density at radius 1 is 1.62 bits per heavy atom. The summed E-state index contributed by atoms with van der Waals surface area (Å²) < 4.78 is 24.6. The van der Waals surface area contributed by atoms with E-state index in [1.54, 1.807) is 6.07 Å². The molecule has 1 aromatic heterocycles. The number of aryl methyl sites for hydroxylation is 1. The maximum atomic E-state index is 12.3. The van der Waals surface area contributed by atoms with E-state index in [-0.39, 0.29) is 17.1 Å². The van der Waals surface area contributed by atoms with Gasteiger partial charge in [-0.1, -0.05) is 0 Å². The van der Waals surface area contributed by atoms with Crippen molar-refractivity contribution in [3.8, 4) is 6.07 Å². The number of nitrogen functional groups attached to an aromatic ring is 1. The topological polar surface area (TPSA) is 62.7 Å². The van der Waals surface area contributed by atoms with Gasteiger partial charge in [-0.3, -0.25) is 0 Å². The molecule has 3 nitrogen and oxygen atoms in total. The first-order chi connectivity index (χ1) is 6.06. The summed E-state index contributed by atoms with van der Waals surface area (Å²) in [5.74, 6) is -0.272. The van der Waals surface area contributed by atoms with E-state index in [1.807, 2.05) is 0 Å². The van der Waals surface area contributed by atoms with Crippen molar-refractivity contribution in [2.24, 2.45) is 0 Å². The molecule has 5 heteroatoms. The van der Waals surface area contributed by atoms with E-state index in [0.29, 0.717) is 5.56 Å². The molecule has 0 bridgehead atoms. The van der Waals surface area contributed by atoms with E-state index >= 15 is 0 Å². The lowest BCUT2D eigenvalue weighted by atomic mass is 10.1. The molecule has 0 radical (unpaired) electrons. The van der Waals surface area contributed by atoms with Crippen molar-refractivity contribution >= 4 is 5.82 Å². The van der Waals surface area contributed by atoms with Gasteiger partial charge in [-0.15, -0.1) is 0 Å². The second-order valence-electron chi connectivity index (χ2n) is 2.54. The zero-order valence-corrected chi connectivity index (χ0v) is 6.88. The van der Waals surface area contributed by atoms with Crippen LogP contribution in [0.15, 0.2) is 6.07 Å². The van der Waals surface area contributed by atoms with Gasteiger partial charge in [-0.2, -0.15) is 5.26 Å². The van der Waals surface area contributed by atoms with Crippen LogP contribution in [0.5, 0.6) is 0 Å². The van der Waals surface area contributed by atoms with Crippen molar-refractivity contribution in [1.29, 1.82) is 5.26 Å². The van der Waals surface area contributed by atoms with Crippen LogP contribution in [0.25, 0.3) is 0 Å². The molecule has 0 spiro atoms. The molecule has 2 N–H and O–H groups in total. The van der Waals surface area contributed by atoms with Crippen LogP contribution in [0, 0.1) is 18.3 Å². The predicted octanol–water partition coefficient (Wildman–Crippen LogP) is 1.78. The largest absolute Gasteiger partial charge is 0.383 e. The number of anilines is 1. The van der Waals surface area contributed by atoms with Gasteiger partial charge in [0.05, 0.1) is 5.56 Å². The highest BCUT2D eigenvalue weighted by atomic mass is 19.3. The van der Waals surface area contributed by atoms with Crippen molar-refractivity contribution < 1.29 is 8.78 Å². The third-order valence-corrected chi connectivity index (χ3v) is 1.63. The number of nitrogens with two attached hydrogens (primary N) is 1. The summed E-state index contributed by atoms with van der Waals surface area (Å²) in [7, 11) is 0. The fourth-order valence-corrected chi connectivity index (χ4v) is 1.05. The van der Waals surface area contributed by atoms with E-state index in [4.69, 9.17) is 11.0 Å². The fourth-order valence-electron chi connectivity index (χ4n) is 1.05. The highest BCUT2D eigenvalue weighted by Gasteiger charge is 2.16. The van der Waals surface area contributed by atoms with E-state index in [2.05, 4.69) is 4.98 Å². The summed E-state index contributed by atoms with van der Waals surface area (Å²) in [5.41, 5.74) is 5.31. The van der Waals surface area contributed by atoms with Crippen LogP contribution < -0.4 is 5.73 Å². The van der Waals surface area contributed by atoms with Crippen molar-refractivity contribution in [3.05, 3.63) is 22.9 Å². The van der Waals surface area contributed by atoms with Crippen molar-refractivity contribution in [1.82, 2.24) is 4.98 Å². The number of hydrogen-bond acceptors (Lipinski definition) is 3. The second kappa shape index (κ2) is 3.35. The molecular formula is C8H7F2N3. The minimum Gasteiger partial charge on any atom is -0.383 e. The second-order valence-corrected chi connectivity index (χ2v) is 2.54. The number of nitriles is 1. The third kappa shape index (κ3) is 1.72. The Hall–Kier alpha value is -1.70. The average Bonchev–Trinajstić information content (AvgIpc) is 2.02. The highest BCUT2D eigenvalue weighted by Crippen LogP contribution is 2.27. The van der Waals surface area contributed by atoms with Crippen LogP contribution in [0.1, 0.15) is 23.2 Å². The van der Waals surface area contributed by atoms with Gasteiger partial charge < -0.3 is 5.73 Å². The zero-order chi connectivity index (χ0) is 10.0. The molecule has 0 atom stereocenters. The Morgan fingerprint density at radius 3 is 2.62 bits per heavy atom. The molecule has 0 saturated heterocycles. The van der Waals surface area contributed by atoms with Crippen LogP contribution in [0.2, 0.25) is 0 Å². The normalized spacial score (nSPS) is 10.1. The Kier molecular flexibility index (Phi) is 2.42. The molecule has 0 saturated carbocycles. The summed E-state index contributed by atoms with van der Waals surface area (Å²) >= 11 is 0. The Bertz CT molecular complexity index is 345. The lowest BCUT2D eigenvalue weighted by Crippen LogP contribution is -2.02. The van der Waals surface area contributed by atoms with Gasteiger partial charge >= 0.3 is 0 Å². The number of halogens is 2. The fraction of sp³-hybridized carbons (Fsp3) is 0.250. The molecule has 0 aliphatic rings. The molecule has 0 amide bonds. The van der Waals surface area contributed by atoms with Crippen LogP contribution in [-0.4, -0.2) is 4.98 Å². The lowest BCUT2D eigenvalue weighted by molar-refractivity contribution is 0.151. The van der Waals surface area contributed by atoms with E-state index < -0.39 is 6.43 Å². The van der Waals surface area contributed by atoms with Crippen molar-refractivity contribution in [2.75, 3.05) is 5.73 Å². The van der Waals surface area contributed by atoms with E-state index in [9.17, 15) is 8.78 Å². The summed E-state index contributed by atoms with van der Waals surface area (Å²) in [6, 6.07) is 3.03. The average molecular weight is 183 g/mol. The molecule has 1 heterocycles. The number of alkyl halides is 2. The van der Waals surface area contributed by atoms with Gasteiger partial charge in [-0.25, -0.2) is 13.8 Å². The molecule has 0 aromatic carbocycles. The summed E-state index contributed by atoms with van der Waals surface area (Å²) in [4.78, 5) is 3.51. The number of pyridine rings is 1. The van der Waals surface area contributed by atoms with Gasteiger partial charge in [0.15, 0.2) is 0 Å². The summed E-state index contributed by atoms with van der Waals surface area (Å²) in [5, 5.41) is 8.46. The Morgan fingerprint density at radius 2 is 2.23 bits per heavy atom. The molecule has 0 aliphatic heterocycles. The van der Waals surface area contributed by atoms with Crippen molar-refractivity contribution in [3.63, 3.8) is 0 Å². The Balaban J connectivity index is 3.33. The maximum absolute atomic E-state index is 12.3. The lowest BCUT2D eigenvalue weighted by Gasteiger charge is -2.07. The first kappa shape index (κ1) is 9.39. The van der Waals surface area contributed by atoms with Crippen LogP contribution in [0.3, 0.4) is 0 Å².